The van der Waals surface area contributed by atoms with Crippen molar-refractivity contribution in [3.8, 4) is 0 Å². The Kier molecular flexibility index (Phi) is 2.92. The van der Waals surface area contributed by atoms with Crippen molar-refractivity contribution in [1.82, 2.24) is 0 Å². The molecule has 18 heavy (non-hydrogen) atoms. The fourth-order valence-corrected chi connectivity index (χ4v) is 2.21. The van der Waals surface area contributed by atoms with Crippen LogP contribution in [0.1, 0.15) is 24.8 Å². The van der Waals surface area contributed by atoms with Gasteiger partial charge in [-0.2, -0.15) is 0 Å². The number of benzene rings is 1. The highest BCUT2D eigenvalue weighted by Crippen LogP contribution is 2.31. The van der Waals surface area contributed by atoms with E-state index in [2.05, 4.69) is 4.99 Å². The van der Waals surface area contributed by atoms with Crippen molar-refractivity contribution in [2.45, 2.75) is 19.3 Å². The maximum atomic E-state index is 11.7. The lowest BCUT2D eigenvalue weighted by Crippen LogP contribution is -2.22. The highest BCUT2D eigenvalue weighted by Gasteiger charge is 2.32. The van der Waals surface area contributed by atoms with Gasteiger partial charge >= 0.3 is 5.97 Å². The fourth-order valence-electron chi connectivity index (χ4n) is 2.01. The molecule has 2 aliphatic rings. The SMILES string of the molecule is O=C1OC(C2CCC2)=N/C1=C/c1cccc(Cl)c1. The van der Waals surface area contributed by atoms with Gasteiger partial charge in [-0.05, 0) is 36.6 Å². The lowest BCUT2D eigenvalue weighted by Gasteiger charge is -2.23. The Morgan fingerprint density at radius 2 is 2.22 bits per heavy atom. The summed E-state index contributed by atoms with van der Waals surface area (Å²) in [5, 5.41) is 0.638. The van der Waals surface area contributed by atoms with E-state index in [9.17, 15) is 4.79 Å². The first-order valence-corrected chi connectivity index (χ1v) is 6.38. The number of ether oxygens (including phenoxy) is 1. The zero-order valence-corrected chi connectivity index (χ0v) is 10.5. The number of aliphatic imine (C=N–C) groups is 1. The second kappa shape index (κ2) is 4.58. The van der Waals surface area contributed by atoms with Crippen molar-refractivity contribution < 1.29 is 9.53 Å². The highest BCUT2D eigenvalue weighted by atomic mass is 35.5. The third-order valence-corrected chi connectivity index (χ3v) is 3.48. The van der Waals surface area contributed by atoms with Crippen LogP contribution in [0.4, 0.5) is 0 Å². The molecule has 1 aliphatic carbocycles. The fraction of sp³-hybridized carbons (Fsp3) is 0.286. The molecule has 0 amide bonds. The standard InChI is InChI=1S/C14H12ClNO2/c15-11-6-1-3-9(7-11)8-12-14(17)18-13(16-12)10-4-2-5-10/h1,3,6-8,10H,2,4-5H2/b12-8+. The average molecular weight is 262 g/mol. The smallest absolute Gasteiger partial charge is 0.363 e. The molecule has 0 bridgehead atoms. The molecule has 0 unspecified atom stereocenters. The molecule has 1 fully saturated rings. The van der Waals surface area contributed by atoms with Crippen LogP contribution in [0.5, 0.6) is 0 Å². The number of nitrogens with zero attached hydrogens (tertiary/aromatic N) is 1. The van der Waals surface area contributed by atoms with Gasteiger partial charge in [0.05, 0.1) is 0 Å². The van der Waals surface area contributed by atoms with Crippen LogP contribution in [-0.4, -0.2) is 11.9 Å². The lowest BCUT2D eigenvalue weighted by atomic mass is 9.85. The molecule has 0 radical (unpaired) electrons. The Morgan fingerprint density at radius 3 is 2.89 bits per heavy atom. The maximum absolute atomic E-state index is 11.7. The average Bonchev–Trinajstić information content (AvgIpc) is 2.57. The van der Waals surface area contributed by atoms with Gasteiger partial charge in [-0.15, -0.1) is 0 Å². The second-order valence-corrected chi connectivity index (χ2v) is 4.99. The van der Waals surface area contributed by atoms with Gasteiger partial charge in [0.2, 0.25) is 5.90 Å². The Balaban J connectivity index is 1.87. The van der Waals surface area contributed by atoms with Gasteiger partial charge in [0.25, 0.3) is 0 Å². The third-order valence-electron chi connectivity index (χ3n) is 3.24. The van der Waals surface area contributed by atoms with Crippen molar-refractivity contribution in [1.29, 1.82) is 0 Å². The molecule has 1 heterocycles. The Morgan fingerprint density at radius 1 is 1.39 bits per heavy atom. The number of carbonyl (C=O) groups excluding carboxylic acids is 1. The summed E-state index contributed by atoms with van der Waals surface area (Å²) in [5.41, 5.74) is 1.22. The minimum absolute atomic E-state index is 0.333. The molecule has 3 nitrogen and oxygen atoms in total. The van der Waals surface area contributed by atoms with E-state index >= 15 is 0 Å². The number of hydrogen-bond acceptors (Lipinski definition) is 3. The molecule has 0 N–H and O–H groups in total. The predicted octanol–water partition coefficient (Wildman–Crippen LogP) is 3.44. The molecule has 3 rings (SSSR count). The van der Waals surface area contributed by atoms with E-state index in [0.717, 1.165) is 18.4 Å². The quantitative estimate of drug-likeness (QED) is 0.604. The first-order valence-electron chi connectivity index (χ1n) is 6.00. The number of halogens is 1. The summed E-state index contributed by atoms with van der Waals surface area (Å²) in [6, 6.07) is 7.30. The van der Waals surface area contributed by atoms with Crippen molar-refractivity contribution in [3.63, 3.8) is 0 Å². The molecule has 92 valence electrons. The van der Waals surface area contributed by atoms with E-state index in [0.29, 0.717) is 22.5 Å². The minimum Gasteiger partial charge on any atom is -0.406 e. The van der Waals surface area contributed by atoms with E-state index in [1.807, 2.05) is 12.1 Å². The van der Waals surface area contributed by atoms with E-state index < -0.39 is 0 Å². The minimum atomic E-state index is -0.364. The summed E-state index contributed by atoms with van der Waals surface area (Å²) >= 11 is 5.90. The zero-order valence-electron chi connectivity index (χ0n) is 9.73. The van der Waals surface area contributed by atoms with Crippen molar-refractivity contribution >= 4 is 29.5 Å². The summed E-state index contributed by atoms with van der Waals surface area (Å²) < 4.78 is 5.19. The van der Waals surface area contributed by atoms with Gasteiger partial charge in [-0.1, -0.05) is 30.2 Å². The first kappa shape index (κ1) is 11.5. The monoisotopic (exact) mass is 261 g/mol. The van der Waals surface area contributed by atoms with Gasteiger partial charge in [-0.25, -0.2) is 9.79 Å². The molecular weight excluding hydrogens is 250 g/mol. The number of cyclic esters (lactones) is 1. The maximum Gasteiger partial charge on any atom is 0.363 e. The van der Waals surface area contributed by atoms with Crippen LogP contribution in [0.3, 0.4) is 0 Å². The van der Waals surface area contributed by atoms with E-state index in [1.54, 1.807) is 18.2 Å². The summed E-state index contributed by atoms with van der Waals surface area (Å²) in [6.45, 7) is 0. The van der Waals surface area contributed by atoms with Gasteiger partial charge in [0.15, 0.2) is 5.70 Å². The van der Waals surface area contributed by atoms with E-state index in [1.165, 1.54) is 6.42 Å². The lowest BCUT2D eigenvalue weighted by molar-refractivity contribution is -0.130. The van der Waals surface area contributed by atoms with Crippen LogP contribution < -0.4 is 0 Å². The van der Waals surface area contributed by atoms with Gasteiger partial charge in [0.1, 0.15) is 0 Å². The Bertz CT molecular complexity index is 559. The molecule has 1 aliphatic heterocycles. The van der Waals surface area contributed by atoms with Gasteiger partial charge < -0.3 is 4.74 Å². The third kappa shape index (κ3) is 2.18. The molecule has 1 aromatic rings. The molecule has 0 atom stereocenters. The zero-order chi connectivity index (χ0) is 12.5. The van der Waals surface area contributed by atoms with Crippen LogP contribution in [0, 0.1) is 5.92 Å². The summed E-state index contributed by atoms with van der Waals surface area (Å²) in [4.78, 5) is 16.0. The summed E-state index contributed by atoms with van der Waals surface area (Å²) in [6.07, 6.45) is 5.03. The van der Waals surface area contributed by atoms with Crippen LogP contribution in [-0.2, 0) is 9.53 Å². The molecule has 0 aromatic heterocycles. The molecule has 0 saturated heterocycles. The molecule has 0 spiro atoms. The number of hydrogen-bond donors (Lipinski definition) is 0. The Hall–Kier alpha value is -1.61. The van der Waals surface area contributed by atoms with Gasteiger partial charge in [-0.3, -0.25) is 0 Å². The predicted molar refractivity (Wildman–Crippen MR) is 70.3 cm³/mol. The molecule has 4 heteroatoms. The molecule has 1 saturated carbocycles. The molecule has 1 aromatic carbocycles. The highest BCUT2D eigenvalue weighted by molar-refractivity contribution is 6.30. The number of rotatable bonds is 2. The van der Waals surface area contributed by atoms with Crippen LogP contribution in [0.15, 0.2) is 35.0 Å². The van der Waals surface area contributed by atoms with Crippen molar-refractivity contribution in [2.75, 3.05) is 0 Å². The summed E-state index contributed by atoms with van der Waals surface area (Å²) in [7, 11) is 0. The summed E-state index contributed by atoms with van der Waals surface area (Å²) in [5.74, 6) is 0.551. The number of esters is 1. The van der Waals surface area contributed by atoms with E-state index in [-0.39, 0.29) is 5.97 Å². The van der Waals surface area contributed by atoms with Crippen LogP contribution in [0.25, 0.3) is 6.08 Å². The van der Waals surface area contributed by atoms with Crippen LogP contribution in [0.2, 0.25) is 5.02 Å². The largest absolute Gasteiger partial charge is 0.406 e. The second-order valence-electron chi connectivity index (χ2n) is 4.55. The first-order chi connectivity index (χ1) is 8.72. The van der Waals surface area contributed by atoms with Gasteiger partial charge in [0, 0.05) is 10.9 Å². The molecular formula is C14H12ClNO2. The van der Waals surface area contributed by atoms with Crippen molar-refractivity contribution in [3.05, 3.63) is 40.5 Å². The normalized spacial score (nSPS) is 21.7. The van der Waals surface area contributed by atoms with Crippen molar-refractivity contribution in [2.24, 2.45) is 10.9 Å². The Labute approximate surface area is 110 Å². The number of carbonyl (C=O) groups is 1. The van der Waals surface area contributed by atoms with Crippen LogP contribution >= 0.6 is 11.6 Å². The van der Waals surface area contributed by atoms with E-state index in [4.69, 9.17) is 16.3 Å². The topological polar surface area (TPSA) is 38.7 Å².